The largest absolute Gasteiger partial charge is 0.325 e. The number of amides is 1. The standard InChI is InChI=1S/C10H12N2OS/c1-3-5-11-7-10-9(4-6-14-10)12-8(2)13/h1,4,6,11H,5,7H2,2H3,(H,12,13). The van der Waals surface area contributed by atoms with Crippen LogP contribution < -0.4 is 10.6 Å². The first-order chi connectivity index (χ1) is 6.74. The van der Waals surface area contributed by atoms with E-state index in [0.29, 0.717) is 13.1 Å². The molecule has 0 unspecified atom stereocenters. The van der Waals surface area contributed by atoms with Crippen LogP contribution >= 0.6 is 11.3 Å². The smallest absolute Gasteiger partial charge is 0.221 e. The van der Waals surface area contributed by atoms with E-state index in [-0.39, 0.29) is 5.91 Å². The average Bonchev–Trinajstić information content (AvgIpc) is 2.52. The maximum absolute atomic E-state index is 10.8. The summed E-state index contributed by atoms with van der Waals surface area (Å²) < 4.78 is 0. The summed E-state index contributed by atoms with van der Waals surface area (Å²) >= 11 is 1.60. The van der Waals surface area contributed by atoms with Gasteiger partial charge in [0.15, 0.2) is 0 Å². The summed E-state index contributed by atoms with van der Waals surface area (Å²) in [5, 5.41) is 7.78. The van der Waals surface area contributed by atoms with Gasteiger partial charge in [0.2, 0.25) is 5.91 Å². The number of terminal acetylenes is 1. The molecular weight excluding hydrogens is 196 g/mol. The Bertz CT molecular complexity index is 351. The van der Waals surface area contributed by atoms with Gasteiger partial charge in [-0.25, -0.2) is 0 Å². The zero-order valence-electron chi connectivity index (χ0n) is 7.96. The Morgan fingerprint density at radius 2 is 2.50 bits per heavy atom. The highest BCUT2D eigenvalue weighted by molar-refractivity contribution is 7.10. The normalized spacial score (nSPS) is 9.43. The molecule has 2 N–H and O–H groups in total. The minimum absolute atomic E-state index is 0.0541. The van der Waals surface area contributed by atoms with Gasteiger partial charge in [0.25, 0.3) is 0 Å². The van der Waals surface area contributed by atoms with Crippen molar-refractivity contribution in [1.29, 1.82) is 0 Å². The van der Waals surface area contributed by atoms with Gasteiger partial charge in [0, 0.05) is 18.3 Å². The first kappa shape index (κ1) is 10.8. The second kappa shape index (κ2) is 5.43. The Labute approximate surface area is 87.5 Å². The molecule has 0 fully saturated rings. The van der Waals surface area contributed by atoms with Crippen LogP contribution in [0.5, 0.6) is 0 Å². The van der Waals surface area contributed by atoms with Crippen LogP contribution in [-0.2, 0) is 11.3 Å². The third-order valence-corrected chi connectivity index (χ3v) is 2.49. The molecule has 14 heavy (non-hydrogen) atoms. The summed E-state index contributed by atoms with van der Waals surface area (Å²) in [7, 11) is 0. The lowest BCUT2D eigenvalue weighted by Gasteiger charge is -2.03. The summed E-state index contributed by atoms with van der Waals surface area (Å²) in [5.41, 5.74) is 0.868. The molecule has 1 amide bonds. The van der Waals surface area contributed by atoms with Crippen molar-refractivity contribution >= 4 is 22.9 Å². The second-order valence-corrected chi connectivity index (χ2v) is 3.75. The van der Waals surface area contributed by atoms with Crippen molar-refractivity contribution in [2.45, 2.75) is 13.5 Å². The molecule has 0 aliphatic rings. The molecule has 1 aromatic heterocycles. The van der Waals surface area contributed by atoms with E-state index in [1.165, 1.54) is 6.92 Å². The number of anilines is 1. The summed E-state index contributed by atoms with van der Waals surface area (Å²) in [6.45, 7) is 2.73. The fraction of sp³-hybridized carbons (Fsp3) is 0.300. The Kier molecular flexibility index (Phi) is 4.17. The first-order valence-corrected chi connectivity index (χ1v) is 5.10. The van der Waals surface area contributed by atoms with Crippen LogP contribution in [0.4, 0.5) is 5.69 Å². The molecule has 0 aromatic carbocycles. The topological polar surface area (TPSA) is 41.1 Å². The molecule has 0 bridgehead atoms. The minimum Gasteiger partial charge on any atom is -0.325 e. The molecule has 0 radical (unpaired) electrons. The Hall–Kier alpha value is -1.31. The lowest BCUT2D eigenvalue weighted by Crippen LogP contribution is -2.14. The lowest BCUT2D eigenvalue weighted by atomic mass is 10.3. The molecule has 0 spiro atoms. The van der Waals surface area contributed by atoms with Crippen molar-refractivity contribution in [3.63, 3.8) is 0 Å². The molecule has 0 saturated carbocycles. The predicted octanol–water partition coefficient (Wildman–Crippen LogP) is 1.43. The number of nitrogens with one attached hydrogen (secondary N) is 2. The quantitative estimate of drug-likeness (QED) is 0.580. The van der Waals surface area contributed by atoms with Gasteiger partial charge in [-0.05, 0) is 11.4 Å². The number of carbonyl (C=O) groups is 1. The van der Waals surface area contributed by atoms with Crippen LogP contribution in [-0.4, -0.2) is 12.5 Å². The van der Waals surface area contributed by atoms with Crippen LogP contribution in [0.15, 0.2) is 11.4 Å². The summed E-state index contributed by atoms with van der Waals surface area (Å²) in [5.74, 6) is 2.44. The van der Waals surface area contributed by atoms with E-state index in [1.807, 2.05) is 11.4 Å². The molecule has 1 aromatic rings. The number of hydrogen-bond donors (Lipinski definition) is 2. The molecule has 0 saturated heterocycles. The molecule has 1 rings (SSSR count). The van der Waals surface area contributed by atoms with Crippen LogP contribution in [0.2, 0.25) is 0 Å². The summed E-state index contributed by atoms with van der Waals surface area (Å²) in [6, 6.07) is 1.89. The maximum atomic E-state index is 10.8. The first-order valence-electron chi connectivity index (χ1n) is 4.22. The van der Waals surface area contributed by atoms with Crippen LogP contribution in [0, 0.1) is 12.3 Å². The molecule has 0 atom stereocenters. The Balaban J connectivity index is 2.54. The summed E-state index contributed by atoms with van der Waals surface area (Å²) in [4.78, 5) is 11.9. The second-order valence-electron chi connectivity index (χ2n) is 2.75. The summed E-state index contributed by atoms with van der Waals surface area (Å²) in [6.07, 6.45) is 5.11. The number of rotatable bonds is 4. The predicted molar refractivity (Wildman–Crippen MR) is 59.2 cm³/mol. The van der Waals surface area contributed by atoms with Crippen LogP contribution in [0.25, 0.3) is 0 Å². The van der Waals surface area contributed by atoms with Crippen molar-refractivity contribution in [3.8, 4) is 12.3 Å². The van der Waals surface area contributed by atoms with Crippen molar-refractivity contribution in [2.24, 2.45) is 0 Å². The van der Waals surface area contributed by atoms with Gasteiger partial charge >= 0.3 is 0 Å². The molecular formula is C10H12N2OS. The number of thiophene rings is 1. The van der Waals surface area contributed by atoms with Crippen LogP contribution in [0.1, 0.15) is 11.8 Å². The van der Waals surface area contributed by atoms with Crippen molar-refractivity contribution in [1.82, 2.24) is 5.32 Å². The van der Waals surface area contributed by atoms with E-state index in [1.54, 1.807) is 11.3 Å². The molecule has 1 heterocycles. The number of hydrogen-bond acceptors (Lipinski definition) is 3. The third kappa shape index (κ3) is 3.21. The fourth-order valence-electron chi connectivity index (χ4n) is 1.03. The Morgan fingerprint density at radius 3 is 3.14 bits per heavy atom. The lowest BCUT2D eigenvalue weighted by molar-refractivity contribution is -0.114. The van der Waals surface area contributed by atoms with Gasteiger partial charge in [-0.1, -0.05) is 5.92 Å². The van der Waals surface area contributed by atoms with E-state index in [9.17, 15) is 4.79 Å². The SMILES string of the molecule is C#CCNCc1sccc1NC(C)=O. The molecule has 4 heteroatoms. The van der Waals surface area contributed by atoms with E-state index < -0.39 is 0 Å². The van der Waals surface area contributed by atoms with Crippen molar-refractivity contribution in [3.05, 3.63) is 16.3 Å². The maximum Gasteiger partial charge on any atom is 0.221 e. The van der Waals surface area contributed by atoms with Gasteiger partial charge < -0.3 is 10.6 Å². The monoisotopic (exact) mass is 208 g/mol. The van der Waals surface area contributed by atoms with Crippen molar-refractivity contribution in [2.75, 3.05) is 11.9 Å². The highest BCUT2D eigenvalue weighted by Gasteiger charge is 2.04. The molecule has 74 valence electrons. The van der Waals surface area contributed by atoms with Gasteiger partial charge in [-0.3, -0.25) is 4.79 Å². The molecule has 3 nitrogen and oxygen atoms in total. The van der Waals surface area contributed by atoms with Crippen molar-refractivity contribution < 1.29 is 4.79 Å². The van der Waals surface area contributed by atoms with Gasteiger partial charge in [0.1, 0.15) is 0 Å². The zero-order valence-corrected chi connectivity index (χ0v) is 8.78. The third-order valence-electron chi connectivity index (χ3n) is 1.57. The van der Waals surface area contributed by atoms with Gasteiger partial charge in [-0.2, -0.15) is 0 Å². The highest BCUT2D eigenvalue weighted by Crippen LogP contribution is 2.21. The zero-order chi connectivity index (χ0) is 10.4. The Morgan fingerprint density at radius 1 is 1.71 bits per heavy atom. The van der Waals surface area contributed by atoms with Crippen LogP contribution in [0.3, 0.4) is 0 Å². The minimum atomic E-state index is -0.0541. The van der Waals surface area contributed by atoms with E-state index in [2.05, 4.69) is 16.6 Å². The number of carbonyl (C=O) groups excluding carboxylic acids is 1. The van der Waals surface area contributed by atoms with E-state index in [0.717, 1.165) is 10.6 Å². The highest BCUT2D eigenvalue weighted by atomic mass is 32.1. The van der Waals surface area contributed by atoms with E-state index >= 15 is 0 Å². The fourth-order valence-corrected chi connectivity index (χ4v) is 1.83. The van der Waals surface area contributed by atoms with Gasteiger partial charge in [0.05, 0.1) is 12.2 Å². The molecule has 0 aliphatic carbocycles. The van der Waals surface area contributed by atoms with E-state index in [4.69, 9.17) is 6.42 Å². The van der Waals surface area contributed by atoms with Gasteiger partial charge in [-0.15, -0.1) is 17.8 Å². The molecule has 0 aliphatic heterocycles. The average molecular weight is 208 g/mol.